The van der Waals surface area contributed by atoms with Crippen LogP contribution >= 0.6 is 0 Å². The van der Waals surface area contributed by atoms with E-state index in [1.807, 2.05) is 84.4 Å². The number of nitro groups is 2. The number of hydrogen-bond donors (Lipinski definition) is 2. The number of aryl methyl sites for hydroxylation is 4. The van der Waals surface area contributed by atoms with Crippen molar-refractivity contribution in [1.82, 2.24) is 38.9 Å². The molecule has 0 spiro atoms. The SMILES string of the molecule is C.C.C.CCOC(=O)c1cnc(Nc2cc([N+](=O)[O-])c(N(C)CCN(C)C)cc2OC)nc1-c1cn2c3c(cccc13)CCC2.COC(=O)c1cnc(Nc2cc([N+](=O)[O-])c(N(C)CCN(C)C)cc2OC)nc1-c1cn2c3c(cccc13)CCC2. The number of carbonyl (C=O) groups excluding carboxylic acids is 2. The van der Waals surface area contributed by atoms with Crippen molar-refractivity contribution in [3.8, 4) is 34.0 Å². The van der Waals surface area contributed by atoms with Crippen LogP contribution in [0.1, 0.15) is 73.9 Å². The van der Waals surface area contributed by atoms with Gasteiger partial charge in [0.2, 0.25) is 11.9 Å². The molecule has 0 bridgehead atoms. The molecule has 24 nitrogen and oxygen atoms in total. The van der Waals surface area contributed by atoms with Gasteiger partial charge in [0.1, 0.15) is 34.0 Å². The van der Waals surface area contributed by atoms with Crippen molar-refractivity contribution >= 4 is 79.8 Å². The molecule has 2 aliphatic rings. The van der Waals surface area contributed by atoms with Gasteiger partial charge in [-0.2, -0.15) is 0 Å². The molecule has 0 unspecified atom stereocenters. The Balaban J connectivity index is 0.000000266. The molecular formula is C62H80N14O10. The van der Waals surface area contributed by atoms with E-state index in [1.165, 1.54) is 57.0 Å². The Kier molecular flexibility index (Phi) is 21.7. The molecule has 10 rings (SSSR count). The van der Waals surface area contributed by atoms with E-state index in [2.05, 4.69) is 41.9 Å². The van der Waals surface area contributed by atoms with Gasteiger partial charge in [0.15, 0.2) is 0 Å². The summed E-state index contributed by atoms with van der Waals surface area (Å²) in [6.45, 7) is 6.30. The van der Waals surface area contributed by atoms with Gasteiger partial charge in [0.05, 0.1) is 71.6 Å². The molecule has 0 aliphatic carbocycles. The molecule has 86 heavy (non-hydrogen) atoms. The number of carbonyl (C=O) groups is 2. The molecule has 0 amide bonds. The highest BCUT2D eigenvalue weighted by Gasteiger charge is 2.29. The number of esters is 2. The molecule has 2 aliphatic heterocycles. The minimum atomic E-state index is -0.559. The van der Waals surface area contributed by atoms with E-state index < -0.39 is 21.8 Å². The van der Waals surface area contributed by atoms with E-state index in [4.69, 9.17) is 28.9 Å². The minimum absolute atomic E-state index is 0. The molecule has 2 N–H and O–H groups in total. The molecule has 24 heteroatoms. The number of hydrogen-bond acceptors (Lipinski definition) is 20. The number of anilines is 6. The first-order valence-corrected chi connectivity index (χ1v) is 27.1. The Morgan fingerprint density at radius 2 is 1.03 bits per heavy atom. The smallest absolute Gasteiger partial charge is 0.341 e. The number of methoxy groups -OCH3 is 3. The molecule has 0 fully saturated rings. The van der Waals surface area contributed by atoms with Gasteiger partial charge in [0, 0.05) is 124 Å². The average molecular weight is 1180 g/mol. The van der Waals surface area contributed by atoms with E-state index >= 15 is 0 Å². The number of rotatable bonds is 21. The van der Waals surface area contributed by atoms with Crippen molar-refractivity contribution in [3.63, 3.8) is 0 Å². The predicted molar refractivity (Wildman–Crippen MR) is 340 cm³/mol. The normalized spacial score (nSPS) is 12.0. The maximum absolute atomic E-state index is 13.0. The highest BCUT2D eigenvalue weighted by Crippen LogP contribution is 2.43. The van der Waals surface area contributed by atoms with Gasteiger partial charge in [-0.05, 0) is 71.9 Å². The standard InChI is InChI=1S/C30H35N7O5.C29H33N7O5.3CH4/c1-6-42-29(38)21-17-31-30(33-27(21)22-18-36-12-8-10-19-9-7-11-20(22)28(19)36)32-23-15-25(37(39)40)24(16-26(23)41-5)35(4)14-13-34(2)3;1-33(2)12-13-34(3)23-15-25(40-4)22(14-24(23)36(38)39)31-29-30-16-20(28(37)41-5)26(32-29)21-17-35-11-7-9-18-8-6-10-19(21)27(18)35;;;/h7,9,11,15-18H,6,8,10,12-14H2,1-5H3,(H,31,32,33);6,8,10,14-17H,7,9,11-13H2,1-5H3,(H,30,31,32);3*1H4. The van der Waals surface area contributed by atoms with Crippen molar-refractivity contribution in [1.29, 1.82) is 0 Å². The van der Waals surface area contributed by atoms with Gasteiger partial charge in [-0.3, -0.25) is 20.2 Å². The third-order valence-corrected chi connectivity index (χ3v) is 14.7. The summed E-state index contributed by atoms with van der Waals surface area (Å²) in [7, 11) is 15.7. The Bertz CT molecular complexity index is 3770. The molecule has 0 radical (unpaired) electrons. The van der Waals surface area contributed by atoms with Crippen LogP contribution in [-0.2, 0) is 35.4 Å². The van der Waals surface area contributed by atoms with Crippen molar-refractivity contribution in [2.75, 3.05) is 117 Å². The third kappa shape index (κ3) is 13.7. The van der Waals surface area contributed by atoms with Gasteiger partial charge < -0.3 is 58.3 Å². The number of nitrogens with one attached hydrogen (secondary N) is 2. The molecule has 4 aromatic heterocycles. The van der Waals surface area contributed by atoms with E-state index in [-0.39, 0.29) is 63.3 Å². The van der Waals surface area contributed by atoms with Crippen LogP contribution in [0.3, 0.4) is 0 Å². The number of benzene rings is 4. The number of nitro benzene ring substituents is 2. The molecule has 0 saturated heterocycles. The van der Waals surface area contributed by atoms with Crippen molar-refractivity contribution in [2.45, 2.75) is 68.0 Å². The van der Waals surface area contributed by atoms with Crippen molar-refractivity contribution < 1.29 is 38.4 Å². The lowest BCUT2D eigenvalue weighted by Gasteiger charge is -2.22. The molecule has 4 aromatic carbocycles. The number of nitrogens with zero attached hydrogens (tertiary/aromatic N) is 12. The van der Waals surface area contributed by atoms with Gasteiger partial charge in [0.25, 0.3) is 11.4 Å². The second kappa shape index (κ2) is 28.4. The summed E-state index contributed by atoms with van der Waals surface area (Å²) < 4.78 is 26.0. The fourth-order valence-corrected chi connectivity index (χ4v) is 10.5. The fourth-order valence-electron chi connectivity index (χ4n) is 10.5. The Labute approximate surface area is 502 Å². The highest BCUT2D eigenvalue weighted by atomic mass is 16.6. The zero-order chi connectivity index (χ0) is 59.2. The maximum Gasteiger partial charge on any atom is 0.341 e. The van der Waals surface area contributed by atoms with E-state index in [9.17, 15) is 29.8 Å². The largest absolute Gasteiger partial charge is 0.494 e. The van der Waals surface area contributed by atoms with Crippen LogP contribution in [0.15, 0.2) is 85.5 Å². The van der Waals surface area contributed by atoms with Crippen LogP contribution in [0.4, 0.5) is 46.0 Å². The number of aromatic nitrogens is 6. The summed E-state index contributed by atoms with van der Waals surface area (Å²) >= 11 is 0. The zero-order valence-electron chi connectivity index (χ0n) is 48.3. The van der Waals surface area contributed by atoms with Crippen LogP contribution in [0.25, 0.3) is 44.3 Å². The number of ether oxygens (including phenoxy) is 4. The third-order valence-electron chi connectivity index (χ3n) is 14.7. The van der Waals surface area contributed by atoms with Crippen LogP contribution in [0.5, 0.6) is 11.5 Å². The number of para-hydroxylation sites is 2. The molecule has 458 valence electrons. The molecule has 0 atom stereocenters. The van der Waals surface area contributed by atoms with Crippen LogP contribution in [0, 0.1) is 20.2 Å². The zero-order valence-corrected chi connectivity index (χ0v) is 48.3. The van der Waals surface area contributed by atoms with E-state index in [0.717, 1.165) is 84.8 Å². The summed E-state index contributed by atoms with van der Waals surface area (Å²) in [5.41, 5.74) is 8.95. The Morgan fingerprint density at radius 3 is 1.41 bits per heavy atom. The topological polar surface area (TPSA) is 256 Å². The van der Waals surface area contributed by atoms with E-state index in [1.54, 1.807) is 33.2 Å². The summed E-state index contributed by atoms with van der Waals surface area (Å²) in [6, 6.07) is 18.4. The van der Waals surface area contributed by atoms with Gasteiger partial charge in [-0.1, -0.05) is 58.7 Å². The monoisotopic (exact) mass is 1180 g/mol. The molecule has 6 heterocycles. The predicted octanol–water partition coefficient (Wildman–Crippen LogP) is 11.3. The second-order valence-corrected chi connectivity index (χ2v) is 20.7. The number of likely N-dealkylation sites (N-methyl/N-ethyl adjacent to an activating group) is 4. The van der Waals surface area contributed by atoms with Crippen LogP contribution < -0.4 is 29.9 Å². The summed E-state index contributed by atoms with van der Waals surface area (Å²) in [5.74, 6) is 0.00369. The van der Waals surface area contributed by atoms with E-state index in [0.29, 0.717) is 58.7 Å². The summed E-state index contributed by atoms with van der Waals surface area (Å²) in [5, 5.41) is 32.3. The second-order valence-electron chi connectivity index (χ2n) is 20.7. The molecule has 8 aromatic rings. The minimum Gasteiger partial charge on any atom is -0.494 e. The van der Waals surface area contributed by atoms with Crippen molar-refractivity contribution in [3.05, 3.63) is 128 Å². The Hall–Kier alpha value is -9.42. The lowest BCUT2D eigenvalue weighted by atomic mass is 10.0. The van der Waals surface area contributed by atoms with Crippen LogP contribution in [0.2, 0.25) is 0 Å². The maximum atomic E-state index is 13.0. The fraction of sp³-hybridized carbons (Fsp3) is 0.387. The Morgan fingerprint density at radius 1 is 0.616 bits per heavy atom. The first kappa shape index (κ1) is 65.7. The van der Waals surface area contributed by atoms with Crippen LogP contribution in [-0.4, -0.2) is 157 Å². The lowest BCUT2D eigenvalue weighted by molar-refractivity contribution is -0.384. The lowest BCUT2D eigenvalue weighted by Crippen LogP contribution is -2.29. The molecule has 0 saturated carbocycles. The highest BCUT2D eigenvalue weighted by molar-refractivity contribution is 6.05. The van der Waals surface area contributed by atoms with Crippen molar-refractivity contribution in [2.24, 2.45) is 0 Å². The summed E-state index contributed by atoms with van der Waals surface area (Å²) in [4.78, 5) is 74.9. The van der Waals surface area contributed by atoms with Gasteiger partial charge in [-0.15, -0.1) is 0 Å². The quantitative estimate of drug-likeness (QED) is 0.0385. The average Bonchev–Trinajstić information content (AvgIpc) is 1.64. The van der Waals surface area contributed by atoms with Gasteiger partial charge >= 0.3 is 11.9 Å². The van der Waals surface area contributed by atoms with Gasteiger partial charge in [-0.25, -0.2) is 29.5 Å². The first-order chi connectivity index (χ1) is 39.9. The first-order valence-electron chi connectivity index (χ1n) is 27.1. The summed E-state index contributed by atoms with van der Waals surface area (Å²) in [6.07, 6.45) is 10.9. The molecular weight excluding hydrogens is 1100 g/mol.